The summed E-state index contributed by atoms with van der Waals surface area (Å²) in [5.41, 5.74) is 9.60. The summed E-state index contributed by atoms with van der Waals surface area (Å²) in [6.07, 6.45) is 6.32. The maximum Gasteiger partial charge on any atom is 0.356 e. The third kappa shape index (κ3) is 2.52. The Kier molecular flexibility index (Phi) is 3.98. The van der Waals surface area contributed by atoms with Crippen LogP contribution in [0.3, 0.4) is 0 Å². The number of nitrogens with one attached hydrogen (secondary N) is 1. The van der Waals surface area contributed by atoms with E-state index in [1.54, 1.807) is 0 Å². The lowest BCUT2D eigenvalue weighted by Crippen LogP contribution is -2.09. The van der Waals surface area contributed by atoms with Crippen LogP contribution in [0.1, 0.15) is 46.6 Å². The fourth-order valence-electron chi connectivity index (χ4n) is 3.08. The summed E-state index contributed by atoms with van der Waals surface area (Å²) in [6.45, 7) is 0. The Morgan fingerprint density at radius 2 is 2.17 bits per heavy atom. The number of nitrogens with two attached hydrogens (primary N) is 1. The van der Waals surface area contributed by atoms with E-state index in [9.17, 15) is 10.1 Å². The van der Waals surface area contributed by atoms with Crippen LogP contribution < -0.4 is 5.73 Å². The summed E-state index contributed by atoms with van der Waals surface area (Å²) in [4.78, 5) is 16.4. The summed E-state index contributed by atoms with van der Waals surface area (Å²) in [5, 5.41) is 16.1. The highest BCUT2D eigenvalue weighted by molar-refractivity contribution is 5.97. The Morgan fingerprint density at radius 3 is 2.91 bits per heavy atom. The van der Waals surface area contributed by atoms with Gasteiger partial charge in [-0.2, -0.15) is 10.4 Å². The molecule has 2 heterocycles. The summed E-state index contributed by atoms with van der Waals surface area (Å²) in [6, 6.07) is 2.13. The topological polar surface area (TPSA) is 118 Å². The van der Waals surface area contributed by atoms with Gasteiger partial charge in [-0.25, -0.2) is 9.78 Å². The van der Waals surface area contributed by atoms with Crippen LogP contribution in [0.15, 0.2) is 6.20 Å². The Labute approximate surface area is 133 Å². The Bertz CT molecular complexity index is 804. The standard InChI is InChI=1S/C16H17N5O2/c1-23-16(22)14-11(8-19-21-14)13-9-5-3-2-4-6-12(9)20-15(18)10(13)7-17/h8H,2-6H2,1H3,(H2,18,20)(H,19,21). The van der Waals surface area contributed by atoms with Gasteiger partial charge in [0, 0.05) is 16.8 Å². The van der Waals surface area contributed by atoms with Gasteiger partial charge in [-0.15, -0.1) is 0 Å². The summed E-state index contributed by atoms with van der Waals surface area (Å²) in [5.74, 6) is -0.334. The molecule has 0 amide bonds. The smallest absolute Gasteiger partial charge is 0.356 e. The van der Waals surface area contributed by atoms with E-state index in [0.717, 1.165) is 43.4 Å². The van der Waals surface area contributed by atoms with Crippen LogP contribution in [0.4, 0.5) is 5.82 Å². The summed E-state index contributed by atoms with van der Waals surface area (Å²) in [7, 11) is 1.31. The van der Waals surface area contributed by atoms with E-state index in [2.05, 4.69) is 21.3 Å². The summed E-state index contributed by atoms with van der Waals surface area (Å²) < 4.78 is 4.79. The Balaban J connectivity index is 2.30. The van der Waals surface area contributed by atoms with Gasteiger partial charge >= 0.3 is 5.97 Å². The third-order valence-electron chi connectivity index (χ3n) is 4.16. The first-order chi connectivity index (χ1) is 11.2. The van der Waals surface area contributed by atoms with Gasteiger partial charge in [0.25, 0.3) is 0 Å². The molecular weight excluding hydrogens is 294 g/mol. The molecule has 2 aromatic heterocycles. The second-order valence-corrected chi connectivity index (χ2v) is 5.50. The van der Waals surface area contributed by atoms with Crippen LogP contribution in [0.2, 0.25) is 0 Å². The lowest BCUT2D eigenvalue weighted by atomic mass is 9.92. The molecule has 0 saturated heterocycles. The molecule has 0 radical (unpaired) electrons. The zero-order valence-corrected chi connectivity index (χ0v) is 12.8. The fraction of sp³-hybridized carbons (Fsp3) is 0.375. The van der Waals surface area contributed by atoms with Crippen molar-refractivity contribution in [3.63, 3.8) is 0 Å². The van der Waals surface area contributed by atoms with Gasteiger partial charge in [0.15, 0.2) is 5.69 Å². The molecule has 3 N–H and O–H groups in total. The summed E-state index contributed by atoms with van der Waals surface area (Å²) >= 11 is 0. The molecular formula is C16H17N5O2. The number of nitriles is 1. The number of aromatic nitrogens is 3. The van der Waals surface area contributed by atoms with E-state index in [4.69, 9.17) is 10.5 Å². The van der Waals surface area contributed by atoms with Crippen molar-refractivity contribution in [1.82, 2.24) is 15.2 Å². The highest BCUT2D eigenvalue weighted by Crippen LogP contribution is 2.36. The average molecular weight is 311 g/mol. The van der Waals surface area contributed by atoms with Gasteiger partial charge in [0.05, 0.1) is 13.3 Å². The number of aromatic amines is 1. The SMILES string of the molecule is COC(=O)c1[nH]ncc1-c1c(C#N)c(N)nc2c1CCCCC2. The molecule has 0 aromatic carbocycles. The van der Waals surface area contributed by atoms with Gasteiger partial charge < -0.3 is 10.5 Å². The van der Waals surface area contributed by atoms with Gasteiger partial charge in [0.2, 0.25) is 0 Å². The van der Waals surface area contributed by atoms with Crippen molar-refractivity contribution in [3.05, 3.63) is 28.7 Å². The first-order valence-corrected chi connectivity index (χ1v) is 7.50. The van der Waals surface area contributed by atoms with Crippen molar-refractivity contribution in [2.24, 2.45) is 0 Å². The molecule has 0 atom stereocenters. The molecule has 1 aliphatic rings. The molecule has 7 heteroatoms. The number of pyridine rings is 1. The van der Waals surface area contributed by atoms with E-state index >= 15 is 0 Å². The molecule has 0 unspecified atom stereocenters. The van der Waals surface area contributed by atoms with Gasteiger partial charge in [0.1, 0.15) is 17.5 Å². The van der Waals surface area contributed by atoms with Crippen LogP contribution in [0, 0.1) is 11.3 Å². The maximum atomic E-state index is 12.0. The molecule has 1 aliphatic carbocycles. The number of methoxy groups -OCH3 is 1. The molecule has 0 fully saturated rings. The number of nitrogens with zero attached hydrogens (tertiary/aromatic N) is 3. The zero-order valence-electron chi connectivity index (χ0n) is 12.8. The third-order valence-corrected chi connectivity index (χ3v) is 4.16. The average Bonchev–Trinajstić information content (AvgIpc) is 2.92. The molecule has 118 valence electrons. The quantitative estimate of drug-likeness (QED) is 0.646. The molecule has 2 aromatic rings. The molecule has 0 aliphatic heterocycles. The van der Waals surface area contributed by atoms with E-state index in [1.807, 2.05) is 0 Å². The van der Waals surface area contributed by atoms with Crippen molar-refractivity contribution < 1.29 is 9.53 Å². The monoisotopic (exact) mass is 311 g/mol. The largest absolute Gasteiger partial charge is 0.464 e. The number of hydrogen-bond acceptors (Lipinski definition) is 6. The number of aryl methyl sites for hydroxylation is 1. The zero-order chi connectivity index (χ0) is 16.4. The number of anilines is 1. The van der Waals surface area contributed by atoms with Gasteiger partial charge in [-0.05, 0) is 31.2 Å². The van der Waals surface area contributed by atoms with Crippen molar-refractivity contribution in [2.75, 3.05) is 12.8 Å². The minimum atomic E-state index is -0.529. The first kappa shape index (κ1) is 15.0. The second kappa shape index (κ2) is 6.08. The number of carbonyl (C=O) groups is 1. The molecule has 0 bridgehead atoms. The van der Waals surface area contributed by atoms with E-state index in [-0.39, 0.29) is 17.1 Å². The Hall–Kier alpha value is -2.88. The van der Waals surface area contributed by atoms with Crippen molar-refractivity contribution >= 4 is 11.8 Å². The number of hydrogen-bond donors (Lipinski definition) is 2. The van der Waals surface area contributed by atoms with Crippen molar-refractivity contribution in [1.29, 1.82) is 5.26 Å². The predicted octanol–water partition coefficient (Wildman–Crippen LogP) is 1.98. The lowest BCUT2D eigenvalue weighted by molar-refractivity contribution is 0.0595. The van der Waals surface area contributed by atoms with Crippen LogP contribution >= 0.6 is 0 Å². The minimum Gasteiger partial charge on any atom is -0.464 e. The van der Waals surface area contributed by atoms with Gasteiger partial charge in [-0.1, -0.05) is 6.42 Å². The second-order valence-electron chi connectivity index (χ2n) is 5.50. The number of nitrogen functional groups attached to an aromatic ring is 1. The molecule has 23 heavy (non-hydrogen) atoms. The van der Waals surface area contributed by atoms with Crippen molar-refractivity contribution in [3.8, 4) is 17.2 Å². The number of ether oxygens (including phenoxy) is 1. The van der Waals surface area contributed by atoms with E-state index in [0.29, 0.717) is 11.1 Å². The van der Waals surface area contributed by atoms with Crippen LogP contribution in [0.5, 0.6) is 0 Å². The number of rotatable bonds is 2. The number of carbonyl (C=O) groups excluding carboxylic acids is 1. The molecule has 0 spiro atoms. The fourth-order valence-corrected chi connectivity index (χ4v) is 3.08. The normalized spacial score (nSPS) is 13.7. The maximum absolute atomic E-state index is 12.0. The van der Waals surface area contributed by atoms with Crippen LogP contribution in [-0.2, 0) is 17.6 Å². The van der Waals surface area contributed by atoms with Gasteiger partial charge in [-0.3, -0.25) is 5.10 Å². The predicted molar refractivity (Wildman–Crippen MR) is 83.5 cm³/mol. The number of H-pyrrole nitrogens is 1. The number of esters is 1. The first-order valence-electron chi connectivity index (χ1n) is 7.50. The van der Waals surface area contributed by atoms with E-state index in [1.165, 1.54) is 13.3 Å². The van der Waals surface area contributed by atoms with Crippen molar-refractivity contribution in [2.45, 2.75) is 32.1 Å². The highest BCUT2D eigenvalue weighted by Gasteiger charge is 2.26. The molecule has 0 saturated carbocycles. The lowest BCUT2D eigenvalue weighted by Gasteiger charge is -2.15. The highest BCUT2D eigenvalue weighted by atomic mass is 16.5. The minimum absolute atomic E-state index is 0.195. The van der Waals surface area contributed by atoms with Crippen LogP contribution in [-0.4, -0.2) is 28.3 Å². The Morgan fingerprint density at radius 1 is 1.39 bits per heavy atom. The molecule has 3 rings (SSSR count). The number of fused-ring (bicyclic) bond motifs is 1. The molecule has 7 nitrogen and oxygen atoms in total. The van der Waals surface area contributed by atoms with Crippen LogP contribution in [0.25, 0.3) is 11.1 Å². The van der Waals surface area contributed by atoms with E-state index < -0.39 is 5.97 Å².